The van der Waals surface area contributed by atoms with Crippen molar-refractivity contribution in [3.63, 3.8) is 0 Å². The van der Waals surface area contributed by atoms with Crippen LogP contribution in [0.2, 0.25) is 5.02 Å². The van der Waals surface area contributed by atoms with Gasteiger partial charge in [-0.15, -0.1) is 5.10 Å². The van der Waals surface area contributed by atoms with Crippen LogP contribution in [-0.2, 0) is 13.1 Å². The molecule has 124 valence electrons. The molecule has 0 aliphatic carbocycles. The highest BCUT2D eigenvalue weighted by Gasteiger charge is 2.14. The Morgan fingerprint density at radius 2 is 2.21 bits per heavy atom. The number of carbonyl (C=O) groups excluding carboxylic acids is 1. The van der Waals surface area contributed by atoms with Gasteiger partial charge in [-0.3, -0.25) is 4.79 Å². The normalized spacial score (nSPS) is 12.1. The Hall–Kier alpha value is -2.22. The molecule has 0 aliphatic rings. The fourth-order valence-corrected chi connectivity index (χ4v) is 3.06. The summed E-state index contributed by atoms with van der Waals surface area (Å²) in [5.74, 6) is -0.341. The second-order valence-electron chi connectivity index (χ2n) is 5.17. The summed E-state index contributed by atoms with van der Waals surface area (Å²) in [5.41, 5.74) is 1.84. The summed E-state index contributed by atoms with van der Waals surface area (Å²) >= 11 is 7.57. The Balaban J connectivity index is 1.58. The first-order valence-electron chi connectivity index (χ1n) is 7.25. The molecule has 0 unspecified atom stereocenters. The third-order valence-corrected chi connectivity index (χ3v) is 4.53. The zero-order valence-corrected chi connectivity index (χ0v) is 14.2. The number of carbonyl (C=O) groups is 1. The number of hydrogen-bond acceptors (Lipinski definition) is 5. The molecule has 3 rings (SSSR count). The molecule has 24 heavy (non-hydrogen) atoms. The first-order valence-corrected chi connectivity index (χ1v) is 8.57. The number of hydrogen-bond donors (Lipinski definition) is 2. The van der Waals surface area contributed by atoms with Crippen LogP contribution in [0.25, 0.3) is 0 Å². The van der Waals surface area contributed by atoms with Gasteiger partial charge in [-0.05, 0) is 34.0 Å². The molecule has 0 saturated carbocycles. The summed E-state index contributed by atoms with van der Waals surface area (Å²) in [6.45, 7) is 0.546. The van der Waals surface area contributed by atoms with Gasteiger partial charge in [0, 0.05) is 11.6 Å². The number of halogens is 1. The number of aliphatic hydroxyl groups excluding tert-OH is 1. The Bertz CT molecular complexity index is 819. The molecule has 0 radical (unpaired) electrons. The van der Waals surface area contributed by atoms with Crippen LogP contribution in [0.5, 0.6) is 0 Å². The van der Waals surface area contributed by atoms with Crippen LogP contribution in [0, 0.1) is 0 Å². The lowest BCUT2D eigenvalue weighted by atomic mass is 10.2. The SMILES string of the molecule is O=C(NCc1ccccc1Cl)c1cn(C[C@H](O)c2ccsc2)nn1. The molecule has 1 amide bonds. The number of amides is 1. The maximum Gasteiger partial charge on any atom is 0.273 e. The zero-order valence-electron chi connectivity index (χ0n) is 12.6. The van der Waals surface area contributed by atoms with Gasteiger partial charge in [-0.2, -0.15) is 11.3 Å². The molecule has 8 heteroatoms. The van der Waals surface area contributed by atoms with E-state index >= 15 is 0 Å². The average molecular weight is 363 g/mol. The van der Waals surface area contributed by atoms with Crippen LogP contribution in [0.3, 0.4) is 0 Å². The molecular weight excluding hydrogens is 348 g/mol. The summed E-state index contributed by atoms with van der Waals surface area (Å²) in [6.07, 6.45) is 0.828. The molecule has 2 aromatic heterocycles. The van der Waals surface area contributed by atoms with Crippen LogP contribution in [0.4, 0.5) is 0 Å². The summed E-state index contributed by atoms with van der Waals surface area (Å²) < 4.78 is 1.45. The second-order valence-corrected chi connectivity index (χ2v) is 6.36. The van der Waals surface area contributed by atoms with Crippen molar-refractivity contribution in [1.82, 2.24) is 20.3 Å². The first kappa shape index (κ1) is 16.6. The van der Waals surface area contributed by atoms with E-state index in [1.165, 1.54) is 22.2 Å². The Labute approximate surface area is 147 Å². The number of benzene rings is 1. The topological polar surface area (TPSA) is 80.0 Å². The third kappa shape index (κ3) is 4.00. The number of rotatable bonds is 6. The van der Waals surface area contributed by atoms with E-state index in [0.29, 0.717) is 11.6 Å². The summed E-state index contributed by atoms with van der Waals surface area (Å²) in [4.78, 5) is 12.1. The van der Waals surface area contributed by atoms with E-state index in [0.717, 1.165) is 11.1 Å². The molecular formula is C16H15ClN4O2S. The maximum atomic E-state index is 12.1. The Kier molecular flexibility index (Phi) is 5.24. The van der Waals surface area contributed by atoms with E-state index < -0.39 is 6.10 Å². The third-order valence-electron chi connectivity index (χ3n) is 3.46. The van der Waals surface area contributed by atoms with Crippen molar-refractivity contribution in [3.05, 3.63) is 69.1 Å². The van der Waals surface area contributed by atoms with Gasteiger partial charge in [0.25, 0.3) is 5.91 Å². The van der Waals surface area contributed by atoms with Gasteiger partial charge in [-0.1, -0.05) is 35.0 Å². The van der Waals surface area contributed by atoms with Crippen molar-refractivity contribution in [1.29, 1.82) is 0 Å². The largest absolute Gasteiger partial charge is 0.386 e. The van der Waals surface area contributed by atoms with Gasteiger partial charge >= 0.3 is 0 Å². The maximum absolute atomic E-state index is 12.1. The van der Waals surface area contributed by atoms with Gasteiger partial charge in [0.2, 0.25) is 0 Å². The highest BCUT2D eigenvalue weighted by molar-refractivity contribution is 7.07. The highest BCUT2D eigenvalue weighted by Crippen LogP contribution is 2.17. The van der Waals surface area contributed by atoms with Gasteiger partial charge < -0.3 is 10.4 Å². The minimum Gasteiger partial charge on any atom is -0.386 e. The summed E-state index contributed by atoms with van der Waals surface area (Å²) in [6, 6.07) is 9.15. The van der Waals surface area contributed by atoms with E-state index in [4.69, 9.17) is 11.6 Å². The molecule has 0 spiro atoms. The van der Waals surface area contributed by atoms with Gasteiger partial charge in [-0.25, -0.2) is 4.68 Å². The molecule has 6 nitrogen and oxygen atoms in total. The van der Waals surface area contributed by atoms with Crippen LogP contribution < -0.4 is 5.32 Å². The predicted octanol–water partition coefficient (Wildman–Crippen LogP) is 2.66. The lowest BCUT2D eigenvalue weighted by molar-refractivity contribution is 0.0945. The molecule has 1 aromatic carbocycles. The van der Waals surface area contributed by atoms with E-state index in [-0.39, 0.29) is 18.1 Å². The van der Waals surface area contributed by atoms with Crippen molar-refractivity contribution < 1.29 is 9.90 Å². The van der Waals surface area contributed by atoms with Crippen molar-refractivity contribution >= 4 is 28.8 Å². The molecule has 2 heterocycles. The lowest BCUT2D eigenvalue weighted by Gasteiger charge is -2.07. The molecule has 0 bridgehead atoms. The summed E-state index contributed by atoms with van der Waals surface area (Å²) in [7, 11) is 0. The van der Waals surface area contributed by atoms with E-state index in [2.05, 4.69) is 15.6 Å². The smallest absolute Gasteiger partial charge is 0.273 e. The lowest BCUT2D eigenvalue weighted by Crippen LogP contribution is -2.23. The predicted molar refractivity (Wildman–Crippen MR) is 91.9 cm³/mol. The number of nitrogens with zero attached hydrogens (tertiary/aromatic N) is 3. The van der Waals surface area contributed by atoms with Crippen molar-refractivity contribution in [2.75, 3.05) is 0 Å². The molecule has 1 atom stereocenters. The van der Waals surface area contributed by atoms with Crippen molar-refractivity contribution in [2.24, 2.45) is 0 Å². The fraction of sp³-hybridized carbons (Fsp3) is 0.188. The molecule has 0 fully saturated rings. The average Bonchev–Trinajstić information content (AvgIpc) is 3.25. The first-order chi connectivity index (χ1) is 11.6. The minimum atomic E-state index is -0.683. The van der Waals surface area contributed by atoms with E-state index in [1.54, 1.807) is 6.07 Å². The quantitative estimate of drug-likeness (QED) is 0.706. The Morgan fingerprint density at radius 1 is 1.38 bits per heavy atom. The number of nitrogens with one attached hydrogen (secondary N) is 1. The van der Waals surface area contributed by atoms with Crippen LogP contribution >= 0.6 is 22.9 Å². The molecule has 2 N–H and O–H groups in total. The standard InChI is InChI=1S/C16H15ClN4O2S/c17-13-4-2-1-3-11(13)7-18-16(23)14-8-21(20-19-14)9-15(22)12-5-6-24-10-12/h1-6,8,10,15,22H,7,9H2,(H,18,23)/t15-/m0/s1. The number of aliphatic hydroxyl groups is 1. The van der Waals surface area contributed by atoms with Crippen LogP contribution in [0.15, 0.2) is 47.3 Å². The number of aromatic nitrogens is 3. The van der Waals surface area contributed by atoms with Gasteiger partial charge in [0.1, 0.15) is 0 Å². The second kappa shape index (κ2) is 7.57. The Morgan fingerprint density at radius 3 is 2.96 bits per heavy atom. The zero-order chi connectivity index (χ0) is 16.9. The molecule has 0 saturated heterocycles. The van der Waals surface area contributed by atoms with Gasteiger partial charge in [0.05, 0.1) is 18.8 Å². The monoisotopic (exact) mass is 362 g/mol. The van der Waals surface area contributed by atoms with E-state index in [1.807, 2.05) is 35.0 Å². The highest BCUT2D eigenvalue weighted by atomic mass is 35.5. The fourth-order valence-electron chi connectivity index (χ4n) is 2.15. The van der Waals surface area contributed by atoms with Crippen LogP contribution in [-0.4, -0.2) is 26.0 Å². The van der Waals surface area contributed by atoms with Gasteiger partial charge in [0.15, 0.2) is 5.69 Å². The van der Waals surface area contributed by atoms with Crippen LogP contribution in [0.1, 0.15) is 27.7 Å². The van der Waals surface area contributed by atoms with Crippen molar-refractivity contribution in [2.45, 2.75) is 19.2 Å². The van der Waals surface area contributed by atoms with Crippen molar-refractivity contribution in [3.8, 4) is 0 Å². The summed E-state index contributed by atoms with van der Waals surface area (Å²) in [5, 5.41) is 24.9. The minimum absolute atomic E-state index is 0.194. The molecule has 0 aliphatic heterocycles. The van der Waals surface area contributed by atoms with E-state index in [9.17, 15) is 9.90 Å². The number of thiophene rings is 1. The molecule has 3 aromatic rings.